The number of hydrogen-bond acceptors (Lipinski definition) is 2. The summed E-state index contributed by atoms with van der Waals surface area (Å²) in [5.41, 5.74) is 0.971. The highest BCUT2D eigenvalue weighted by Gasteiger charge is 2.06. The lowest BCUT2D eigenvalue weighted by atomic mass is 10.2. The van der Waals surface area contributed by atoms with E-state index in [9.17, 15) is 0 Å². The van der Waals surface area contributed by atoms with E-state index in [4.69, 9.17) is 4.74 Å². The van der Waals surface area contributed by atoms with E-state index >= 15 is 0 Å². The number of rotatable bonds is 2. The van der Waals surface area contributed by atoms with E-state index in [1.807, 2.05) is 42.6 Å². The van der Waals surface area contributed by atoms with Crippen molar-refractivity contribution in [3.8, 4) is 11.8 Å². The van der Waals surface area contributed by atoms with Gasteiger partial charge in [-0.05, 0) is 18.2 Å². The van der Waals surface area contributed by atoms with Gasteiger partial charge in [0.25, 0.3) is 0 Å². The Morgan fingerprint density at radius 2 is 2.00 bits per heavy atom. The minimum atomic E-state index is 0.591. The molecule has 0 atom stereocenters. The van der Waals surface area contributed by atoms with Gasteiger partial charge in [0, 0.05) is 12.3 Å². The zero-order valence-corrected chi connectivity index (χ0v) is 7.90. The Hall–Kier alpha value is -2.23. The predicted molar refractivity (Wildman–Crippen MR) is 57.0 cm³/mol. The van der Waals surface area contributed by atoms with Crippen molar-refractivity contribution >= 4 is 10.9 Å². The van der Waals surface area contributed by atoms with Crippen LogP contribution in [0, 0.1) is 0 Å². The molecule has 0 radical (unpaired) electrons. The molecule has 3 rings (SSSR count). The first-order valence-electron chi connectivity index (χ1n) is 4.68. The van der Waals surface area contributed by atoms with Crippen molar-refractivity contribution in [2.75, 3.05) is 0 Å². The van der Waals surface area contributed by atoms with Crippen LogP contribution in [-0.2, 0) is 0 Å². The highest BCUT2D eigenvalue weighted by Crippen LogP contribution is 2.25. The van der Waals surface area contributed by atoms with Gasteiger partial charge in [-0.15, -0.1) is 5.10 Å². The molecule has 0 aliphatic heterocycles. The fourth-order valence-electron chi connectivity index (χ4n) is 1.50. The summed E-state index contributed by atoms with van der Waals surface area (Å²) in [5.74, 6) is 1.28. The number of hydrogen-bond donors (Lipinski definition) is 2. The van der Waals surface area contributed by atoms with Gasteiger partial charge in [-0.25, -0.2) is 0 Å². The molecule has 2 heterocycles. The van der Waals surface area contributed by atoms with Gasteiger partial charge < -0.3 is 9.72 Å². The molecule has 1 aromatic carbocycles. The van der Waals surface area contributed by atoms with Crippen molar-refractivity contribution < 1.29 is 4.74 Å². The molecule has 15 heavy (non-hydrogen) atoms. The number of nitrogens with zero attached hydrogens (tertiary/aromatic N) is 1. The van der Waals surface area contributed by atoms with E-state index in [1.165, 1.54) is 0 Å². The quantitative estimate of drug-likeness (QED) is 0.666. The van der Waals surface area contributed by atoms with E-state index in [1.54, 1.807) is 0 Å². The van der Waals surface area contributed by atoms with Gasteiger partial charge >= 0.3 is 0 Å². The van der Waals surface area contributed by atoms with Gasteiger partial charge in [-0.3, -0.25) is 5.10 Å². The molecule has 74 valence electrons. The maximum absolute atomic E-state index is 5.57. The zero-order valence-electron chi connectivity index (χ0n) is 7.90. The van der Waals surface area contributed by atoms with Crippen molar-refractivity contribution in [3.63, 3.8) is 0 Å². The number of benzene rings is 1. The van der Waals surface area contributed by atoms with Crippen LogP contribution in [0.5, 0.6) is 11.8 Å². The molecule has 0 unspecified atom stereocenters. The highest BCUT2D eigenvalue weighted by atomic mass is 16.5. The van der Waals surface area contributed by atoms with Crippen LogP contribution in [-0.4, -0.2) is 15.2 Å². The average molecular weight is 199 g/mol. The minimum absolute atomic E-state index is 0.591. The molecule has 0 fully saturated rings. The smallest absolute Gasteiger partial charge is 0.247 e. The molecule has 0 bridgehead atoms. The number of fused-ring (bicyclic) bond motifs is 1. The molecule has 0 saturated carbocycles. The molecule has 3 aromatic rings. The number of ether oxygens (including phenoxy) is 1. The molecule has 2 N–H and O–H groups in total. The number of H-pyrrole nitrogens is 2. The van der Waals surface area contributed by atoms with E-state index in [2.05, 4.69) is 15.2 Å². The van der Waals surface area contributed by atoms with Gasteiger partial charge in [0.15, 0.2) is 5.88 Å². The van der Waals surface area contributed by atoms with E-state index in [0.717, 1.165) is 10.9 Å². The van der Waals surface area contributed by atoms with Crippen molar-refractivity contribution in [1.29, 1.82) is 0 Å². The summed E-state index contributed by atoms with van der Waals surface area (Å²) >= 11 is 0. The Morgan fingerprint density at radius 1 is 1.07 bits per heavy atom. The van der Waals surface area contributed by atoms with Crippen LogP contribution in [0.3, 0.4) is 0 Å². The molecule has 0 saturated heterocycles. The largest absolute Gasteiger partial charge is 0.420 e. The third-order valence-corrected chi connectivity index (χ3v) is 2.21. The third-order valence-electron chi connectivity index (χ3n) is 2.21. The molecular weight excluding hydrogens is 190 g/mol. The third kappa shape index (κ3) is 1.36. The number of aromatic nitrogens is 3. The zero-order chi connectivity index (χ0) is 10.1. The van der Waals surface area contributed by atoms with Gasteiger partial charge in [-0.1, -0.05) is 12.1 Å². The lowest BCUT2D eigenvalue weighted by Gasteiger charge is -1.97. The normalized spacial score (nSPS) is 10.7. The summed E-state index contributed by atoms with van der Waals surface area (Å²) < 4.78 is 5.57. The molecule has 0 aliphatic carbocycles. The fourth-order valence-corrected chi connectivity index (χ4v) is 1.50. The summed E-state index contributed by atoms with van der Waals surface area (Å²) in [7, 11) is 0. The minimum Gasteiger partial charge on any atom is -0.420 e. The standard InChI is InChI=1S/C11H9N3O/c1-2-5-9-8(4-1)11(14-13-9)15-10-6-3-7-12-10/h1-7,12H,(H,13,14). The Morgan fingerprint density at radius 3 is 2.87 bits per heavy atom. The van der Waals surface area contributed by atoms with Crippen molar-refractivity contribution in [3.05, 3.63) is 42.6 Å². The van der Waals surface area contributed by atoms with Crippen molar-refractivity contribution in [1.82, 2.24) is 15.2 Å². The van der Waals surface area contributed by atoms with Crippen LogP contribution < -0.4 is 4.74 Å². The van der Waals surface area contributed by atoms with Crippen LogP contribution in [0.2, 0.25) is 0 Å². The van der Waals surface area contributed by atoms with Crippen molar-refractivity contribution in [2.45, 2.75) is 0 Å². The van der Waals surface area contributed by atoms with Gasteiger partial charge in [0.2, 0.25) is 5.88 Å². The molecule has 4 nitrogen and oxygen atoms in total. The molecule has 0 aliphatic rings. The van der Waals surface area contributed by atoms with E-state index in [-0.39, 0.29) is 0 Å². The van der Waals surface area contributed by atoms with Gasteiger partial charge in [0.05, 0.1) is 10.9 Å². The second kappa shape index (κ2) is 3.16. The van der Waals surface area contributed by atoms with E-state index < -0.39 is 0 Å². The summed E-state index contributed by atoms with van der Waals surface area (Å²) in [6, 6.07) is 11.6. The SMILES string of the molecule is c1c[nH]c(Oc2n[nH]c3ccccc23)c1. The number of nitrogens with one attached hydrogen (secondary N) is 2. The Bertz CT molecular complexity index is 568. The lowest BCUT2D eigenvalue weighted by Crippen LogP contribution is -1.83. The first-order valence-corrected chi connectivity index (χ1v) is 4.68. The first-order chi connectivity index (χ1) is 7.43. The maximum Gasteiger partial charge on any atom is 0.247 e. The summed E-state index contributed by atoms with van der Waals surface area (Å²) in [6.45, 7) is 0. The topological polar surface area (TPSA) is 53.7 Å². The molecule has 4 heteroatoms. The highest BCUT2D eigenvalue weighted by molar-refractivity contribution is 5.83. The van der Waals surface area contributed by atoms with Crippen LogP contribution in [0.1, 0.15) is 0 Å². The maximum atomic E-state index is 5.57. The number of aromatic amines is 2. The molecule has 0 amide bonds. The Kier molecular flexibility index (Phi) is 1.71. The van der Waals surface area contributed by atoms with Crippen molar-refractivity contribution in [2.24, 2.45) is 0 Å². The van der Waals surface area contributed by atoms with Crippen LogP contribution in [0.15, 0.2) is 42.6 Å². The van der Waals surface area contributed by atoms with Crippen LogP contribution >= 0.6 is 0 Å². The molecule has 2 aromatic heterocycles. The fraction of sp³-hybridized carbons (Fsp3) is 0. The van der Waals surface area contributed by atoms with Gasteiger partial charge in [-0.2, -0.15) is 0 Å². The molecule has 0 spiro atoms. The van der Waals surface area contributed by atoms with E-state index in [0.29, 0.717) is 11.8 Å². The Balaban J connectivity index is 2.05. The lowest BCUT2D eigenvalue weighted by molar-refractivity contribution is 0.451. The second-order valence-electron chi connectivity index (χ2n) is 3.21. The average Bonchev–Trinajstić information content (AvgIpc) is 2.89. The first kappa shape index (κ1) is 8.11. The van der Waals surface area contributed by atoms with Crippen LogP contribution in [0.4, 0.5) is 0 Å². The number of para-hydroxylation sites is 1. The Labute approximate surface area is 85.9 Å². The summed E-state index contributed by atoms with van der Waals surface area (Å²) in [4.78, 5) is 2.96. The monoisotopic (exact) mass is 199 g/mol. The summed E-state index contributed by atoms with van der Waals surface area (Å²) in [5, 5.41) is 7.99. The van der Waals surface area contributed by atoms with Gasteiger partial charge in [0.1, 0.15) is 0 Å². The second-order valence-corrected chi connectivity index (χ2v) is 3.21. The predicted octanol–water partition coefficient (Wildman–Crippen LogP) is 2.68. The summed E-state index contributed by atoms with van der Waals surface area (Å²) in [6.07, 6.45) is 1.81. The van der Waals surface area contributed by atoms with Crippen LogP contribution in [0.25, 0.3) is 10.9 Å². The molecular formula is C11H9N3O.